The highest BCUT2D eigenvalue weighted by molar-refractivity contribution is 6.34. The number of aromatic nitrogens is 2. The summed E-state index contributed by atoms with van der Waals surface area (Å²) < 4.78 is 0. The van der Waals surface area contributed by atoms with E-state index in [4.69, 9.17) is 23.2 Å². The molecule has 1 saturated carbocycles. The lowest BCUT2D eigenvalue weighted by Crippen LogP contribution is -2.27. The van der Waals surface area contributed by atoms with Crippen molar-refractivity contribution in [3.05, 3.63) is 21.9 Å². The van der Waals surface area contributed by atoms with Gasteiger partial charge in [-0.1, -0.05) is 55.3 Å². The van der Waals surface area contributed by atoms with Gasteiger partial charge in [-0.25, -0.2) is 0 Å². The Labute approximate surface area is 122 Å². The van der Waals surface area contributed by atoms with Crippen LogP contribution in [0.3, 0.4) is 0 Å². The Bertz CT molecular complexity index is 448. The summed E-state index contributed by atoms with van der Waals surface area (Å²) in [5.74, 6) is 0.501. The van der Waals surface area contributed by atoms with E-state index in [0.29, 0.717) is 6.54 Å². The van der Waals surface area contributed by atoms with Crippen LogP contribution in [0, 0.1) is 5.92 Å². The number of carbonyl (C=O) groups excluding carboxylic acids is 1. The van der Waals surface area contributed by atoms with Crippen LogP contribution in [0.15, 0.2) is 6.07 Å². The van der Waals surface area contributed by atoms with Crippen molar-refractivity contribution in [2.24, 2.45) is 5.92 Å². The number of halogens is 2. The van der Waals surface area contributed by atoms with Crippen LogP contribution < -0.4 is 5.32 Å². The zero-order valence-electron chi connectivity index (χ0n) is 10.7. The number of carbonyl (C=O) groups is 1. The molecule has 1 aliphatic carbocycles. The molecule has 2 rings (SSSR count). The SMILES string of the molecule is O=C(NCCC1CCCCC1)c1cc(Cl)nnc1Cl. The Morgan fingerprint density at radius 2 is 2.00 bits per heavy atom. The van der Waals surface area contributed by atoms with Gasteiger partial charge in [-0.15, -0.1) is 10.2 Å². The fourth-order valence-electron chi connectivity index (χ4n) is 2.47. The summed E-state index contributed by atoms with van der Waals surface area (Å²) >= 11 is 11.5. The molecule has 0 atom stereocenters. The van der Waals surface area contributed by atoms with Crippen molar-refractivity contribution in [1.82, 2.24) is 15.5 Å². The first-order chi connectivity index (χ1) is 9.16. The second kappa shape index (κ2) is 7.06. The molecule has 19 heavy (non-hydrogen) atoms. The summed E-state index contributed by atoms with van der Waals surface area (Å²) in [5, 5.41) is 10.3. The standard InChI is InChI=1S/C13H17Cl2N3O/c14-11-8-10(12(15)18-17-11)13(19)16-7-6-9-4-2-1-3-5-9/h8-9H,1-7H2,(H,16,19). The predicted molar refractivity (Wildman–Crippen MR) is 75.6 cm³/mol. The Balaban J connectivity index is 1.82. The van der Waals surface area contributed by atoms with Crippen LogP contribution in [-0.4, -0.2) is 22.6 Å². The maximum absolute atomic E-state index is 11.9. The summed E-state index contributed by atoms with van der Waals surface area (Å²) in [6.07, 6.45) is 7.55. The van der Waals surface area contributed by atoms with Gasteiger partial charge >= 0.3 is 0 Å². The molecule has 0 aromatic carbocycles. The minimum absolute atomic E-state index is 0.0829. The molecule has 1 aliphatic rings. The largest absolute Gasteiger partial charge is 0.352 e. The third-order valence-electron chi connectivity index (χ3n) is 3.53. The molecule has 1 aromatic heterocycles. The van der Waals surface area contributed by atoms with Crippen molar-refractivity contribution in [2.75, 3.05) is 6.54 Å². The second-order valence-corrected chi connectivity index (χ2v) is 5.67. The van der Waals surface area contributed by atoms with Crippen LogP contribution in [0.1, 0.15) is 48.9 Å². The topological polar surface area (TPSA) is 54.9 Å². The van der Waals surface area contributed by atoms with Crippen LogP contribution in [0.4, 0.5) is 0 Å². The molecule has 104 valence electrons. The van der Waals surface area contributed by atoms with Gasteiger partial charge in [0.05, 0.1) is 5.56 Å². The van der Waals surface area contributed by atoms with Gasteiger partial charge in [0.2, 0.25) is 0 Å². The summed E-state index contributed by atoms with van der Waals surface area (Å²) in [6.45, 7) is 0.666. The third-order valence-corrected chi connectivity index (χ3v) is 3.99. The van der Waals surface area contributed by atoms with E-state index in [1.165, 1.54) is 38.2 Å². The average Bonchev–Trinajstić information content (AvgIpc) is 2.42. The molecule has 0 radical (unpaired) electrons. The summed E-state index contributed by atoms with van der Waals surface area (Å²) in [5.41, 5.74) is 0.283. The quantitative estimate of drug-likeness (QED) is 0.926. The molecule has 1 amide bonds. The molecular formula is C13H17Cl2N3O. The number of rotatable bonds is 4. The van der Waals surface area contributed by atoms with E-state index in [2.05, 4.69) is 15.5 Å². The van der Waals surface area contributed by atoms with E-state index in [1.807, 2.05) is 0 Å². The smallest absolute Gasteiger partial charge is 0.254 e. The van der Waals surface area contributed by atoms with E-state index >= 15 is 0 Å². The van der Waals surface area contributed by atoms with Gasteiger partial charge < -0.3 is 5.32 Å². The molecule has 1 N–H and O–H groups in total. The Hall–Kier alpha value is -0.870. The normalized spacial score (nSPS) is 16.3. The van der Waals surface area contributed by atoms with Crippen molar-refractivity contribution in [3.63, 3.8) is 0 Å². The predicted octanol–water partition coefficient (Wildman–Crippen LogP) is 3.48. The van der Waals surface area contributed by atoms with E-state index in [1.54, 1.807) is 0 Å². The first kappa shape index (κ1) is 14.5. The van der Waals surface area contributed by atoms with Crippen molar-refractivity contribution in [3.8, 4) is 0 Å². The molecule has 6 heteroatoms. The number of amides is 1. The number of nitrogens with zero attached hydrogens (tertiary/aromatic N) is 2. The molecule has 4 nitrogen and oxygen atoms in total. The highest BCUT2D eigenvalue weighted by Crippen LogP contribution is 2.25. The molecule has 0 aliphatic heterocycles. The highest BCUT2D eigenvalue weighted by atomic mass is 35.5. The van der Waals surface area contributed by atoms with Gasteiger partial charge in [0.1, 0.15) is 0 Å². The third kappa shape index (κ3) is 4.32. The van der Waals surface area contributed by atoms with Crippen molar-refractivity contribution in [2.45, 2.75) is 38.5 Å². The number of hydrogen-bond acceptors (Lipinski definition) is 3. The molecule has 1 heterocycles. The van der Waals surface area contributed by atoms with Crippen molar-refractivity contribution in [1.29, 1.82) is 0 Å². The fraction of sp³-hybridized carbons (Fsp3) is 0.615. The summed E-state index contributed by atoms with van der Waals surface area (Å²) in [4.78, 5) is 11.9. The average molecular weight is 302 g/mol. The van der Waals surface area contributed by atoms with E-state index in [9.17, 15) is 4.79 Å². The number of nitrogens with one attached hydrogen (secondary N) is 1. The zero-order valence-corrected chi connectivity index (χ0v) is 12.2. The zero-order chi connectivity index (χ0) is 13.7. The molecule has 0 spiro atoms. The van der Waals surface area contributed by atoms with Gasteiger partial charge in [0.25, 0.3) is 5.91 Å². The molecule has 1 aromatic rings. The molecule has 0 bridgehead atoms. The van der Waals surface area contributed by atoms with Gasteiger partial charge in [-0.3, -0.25) is 4.79 Å². The number of hydrogen-bond donors (Lipinski definition) is 1. The minimum Gasteiger partial charge on any atom is -0.352 e. The first-order valence-electron chi connectivity index (χ1n) is 6.63. The van der Waals surface area contributed by atoms with Crippen molar-refractivity contribution < 1.29 is 4.79 Å². The molecule has 0 saturated heterocycles. The van der Waals surface area contributed by atoms with Crippen LogP contribution >= 0.6 is 23.2 Å². The first-order valence-corrected chi connectivity index (χ1v) is 7.39. The van der Waals surface area contributed by atoms with Crippen molar-refractivity contribution >= 4 is 29.1 Å². The maximum Gasteiger partial charge on any atom is 0.254 e. The van der Waals surface area contributed by atoms with Crippen LogP contribution in [-0.2, 0) is 0 Å². The van der Waals surface area contributed by atoms with E-state index < -0.39 is 0 Å². The second-order valence-electron chi connectivity index (χ2n) is 4.92. The molecule has 0 unspecified atom stereocenters. The van der Waals surface area contributed by atoms with Gasteiger partial charge in [0, 0.05) is 6.54 Å². The Morgan fingerprint density at radius 1 is 1.26 bits per heavy atom. The van der Waals surface area contributed by atoms with Crippen LogP contribution in [0.2, 0.25) is 10.3 Å². The van der Waals surface area contributed by atoms with Crippen LogP contribution in [0.5, 0.6) is 0 Å². The minimum atomic E-state index is -0.238. The van der Waals surface area contributed by atoms with Gasteiger partial charge in [-0.05, 0) is 18.4 Å². The van der Waals surface area contributed by atoms with Gasteiger partial charge in [-0.2, -0.15) is 0 Å². The Morgan fingerprint density at radius 3 is 2.74 bits per heavy atom. The highest BCUT2D eigenvalue weighted by Gasteiger charge is 2.15. The fourth-order valence-corrected chi connectivity index (χ4v) is 2.80. The Kier molecular flexibility index (Phi) is 5.40. The van der Waals surface area contributed by atoms with Crippen LogP contribution in [0.25, 0.3) is 0 Å². The lowest BCUT2D eigenvalue weighted by Gasteiger charge is -2.21. The molecular weight excluding hydrogens is 285 g/mol. The van der Waals surface area contributed by atoms with E-state index in [-0.39, 0.29) is 21.8 Å². The summed E-state index contributed by atoms with van der Waals surface area (Å²) in [7, 11) is 0. The monoisotopic (exact) mass is 301 g/mol. The molecule has 1 fully saturated rings. The van der Waals surface area contributed by atoms with Gasteiger partial charge in [0.15, 0.2) is 10.3 Å². The summed E-state index contributed by atoms with van der Waals surface area (Å²) in [6, 6.07) is 1.44. The maximum atomic E-state index is 11.9. The lowest BCUT2D eigenvalue weighted by atomic mass is 9.87. The lowest BCUT2D eigenvalue weighted by molar-refractivity contribution is 0.0950. The van der Waals surface area contributed by atoms with E-state index in [0.717, 1.165) is 12.3 Å².